The first kappa shape index (κ1) is 15.7. The van der Waals surface area contributed by atoms with Crippen LogP contribution in [0.25, 0.3) is 0 Å². The molecule has 1 fully saturated rings. The molecule has 0 spiro atoms. The Bertz CT molecular complexity index is 831. The van der Waals surface area contributed by atoms with Gasteiger partial charge in [-0.1, -0.05) is 12.1 Å². The number of likely N-dealkylation sites (tertiary alicyclic amines) is 1. The van der Waals surface area contributed by atoms with Crippen molar-refractivity contribution in [3.05, 3.63) is 41.2 Å². The van der Waals surface area contributed by atoms with E-state index in [1.54, 1.807) is 0 Å². The van der Waals surface area contributed by atoms with Crippen LogP contribution in [-0.2, 0) is 17.6 Å². The van der Waals surface area contributed by atoms with Crippen LogP contribution in [0.3, 0.4) is 0 Å². The summed E-state index contributed by atoms with van der Waals surface area (Å²) < 4.78 is 11.6. The Hall–Kier alpha value is -2.50. The summed E-state index contributed by atoms with van der Waals surface area (Å²) in [6.07, 6.45) is 6.47. The number of amides is 1. The van der Waals surface area contributed by atoms with E-state index in [4.69, 9.17) is 9.47 Å². The minimum absolute atomic E-state index is 0.0532. The highest BCUT2D eigenvalue weighted by molar-refractivity contribution is 5.80. The Morgan fingerprint density at radius 1 is 1.23 bits per heavy atom. The number of carbonyl (C=O) groups excluding carboxylic acids is 1. The van der Waals surface area contributed by atoms with E-state index in [-0.39, 0.29) is 17.9 Å². The summed E-state index contributed by atoms with van der Waals surface area (Å²) in [6, 6.07) is 6.12. The molecule has 136 valence electrons. The van der Waals surface area contributed by atoms with Crippen molar-refractivity contribution in [2.75, 3.05) is 19.8 Å². The molecule has 1 aromatic carbocycles. The molecule has 3 aliphatic rings. The standard InChI is InChI=1S/C20H23N3O3/c24-20(13-6-7-16-14(11-13)12-21-22-16)23-8-2-4-17(23)15-3-1-5-18-19(15)26-10-9-25-18/h1,3,5,12-13,17H,2,4,6-11H2,(H,21,22). The Morgan fingerprint density at radius 2 is 2.15 bits per heavy atom. The summed E-state index contributed by atoms with van der Waals surface area (Å²) in [5, 5.41) is 7.18. The van der Waals surface area contributed by atoms with Gasteiger partial charge in [0, 0.05) is 23.7 Å². The minimum atomic E-state index is 0.0532. The van der Waals surface area contributed by atoms with E-state index in [9.17, 15) is 4.79 Å². The number of aromatic nitrogens is 2. The first-order valence-corrected chi connectivity index (χ1v) is 9.51. The minimum Gasteiger partial charge on any atom is -0.486 e. The van der Waals surface area contributed by atoms with E-state index < -0.39 is 0 Å². The van der Waals surface area contributed by atoms with Crippen LogP contribution in [0.5, 0.6) is 11.5 Å². The van der Waals surface area contributed by atoms with Crippen LogP contribution < -0.4 is 9.47 Å². The molecular formula is C20H23N3O3. The summed E-state index contributed by atoms with van der Waals surface area (Å²) in [7, 11) is 0. The number of aryl methyl sites for hydroxylation is 1. The number of H-pyrrole nitrogens is 1. The number of rotatable bonds is 2. The van der Waals surface area contributed by atoms with Crippen molar-refractivity contribution in [3.63, 3.8) is 0 Å². The molecule has 1 aliphatic carbocycles. The van der Waals surface area contributed by atoms with Crippen molar-refractivity contribution in [1.82, 2.24) is 15.1 Å². The Morgan fingerprint density at radius 3 is 3.12 bits per heavy atom. The van der Waals surface area contributed by atoms with Gasteiger partial charge in [0.15, 0.2) is 11.5 Å². The van der Waals surface area contributed by atoms with Crippen molar-refractivity contribution in [2.24, 2.45) is 5.92 Å². The average Bonchev–Trinajstić information content (AvgIpc) is 3.35. The summed E-state index contributed by atoms with van der Waals surface area (Å²) >= 11 is 0. The van der Waals surface area contributed by atoms with Crippen LogP contribution >= 0.6 is 0 Å². The highest BCUT2D eigenvalue weighted by Gasteiger charge is 2.37. The van der Waals surface area contributed by atoms with E-state index >= 15 is 0 Å². The average molecular weight is 353 g/mol. The molecule has 2 aromatic rings. The van der Waals surface area contributed by atoms with Crippen LogP contribution in [-0.4, -0.2) is 40.8 Å². The number of nitrogens with one attached hydrogen (secondary N) is 1. The molecule has 5 rings (SSSR count). The third kappa shape index (κ3) is 2.55. The number of aromatic amines is 1. The zero-order chi connectivity index (χ0) is 17.5. The molecule has 1 amide bonds. The first-order valence-electron chi connectivity index (χ1n) is 9.51. The van der Waals surface area contributed by atoms with Gasteiger partial charge in [-0.15, -0.1) is 0 Å². The molecule has 6 heteroatoms. The van der Waals surface area contributed by atoms with Gasteiger partial charge >= 0.3 is 0 Å². The second-order valence-corrected chi connectivity index (χ2v) is 7.37. The molecule has 1 aromatic heterocycles. The molecule has 0 radical (unpaired) electrons. The van der Waals surface area contributed by atoms with Gasteiger partial charge < -0.3 is 14.4 Å². The van der Waals surface area contributed by atoms with Gasteiger partial charge in [0.2, 0.25) is 5.91 Å². The van der Waals surface area contributed by atoms with Gasteiger partial charge in [-0.05, 0) is 43.7 Å². The lowest BCUT2D eigenvalue weighted by Crippen LogP contribution is -2.38. The zero-order valence-corrected chi connectivity index (χ0v) is 14.7. The van der Waals surface area contributed by atoms with Gasteiger partial charge in [0.25, 0.3) is 0 Å². The molecule has 0 saturated carbocycles. The van der Waals surface area contributed by atoms with Crippen LogP contribution in [0.2, 0.25) is 0 Å². The second kappa shape index (κ2) is 6.34. The van der Waals surface area contributed by atoms with Gasteiger partial charge in [-0.3, -0.25) is 9.89 Å². The van der Waals surface area contributed by atoms with Crippen molar-refractivity contribution in [1.29, 1.82) is 0 Å². The lowest BCUT2D eigenvalue weighted by molar-refractivity contribution is -0.136. The third-order valence-corrected chi connectivity index (χ3v) is 5.86. The first-order chi connectivity index (χ1) is 12.8. The van der Waals surface area contributed by atoms with Crippen LogP contribution in [0.15, 0.2) is 24.4 Å². The molecule has 1 N–H and O–H groups in total. The highest BCUT2D eigenvalue weighted by Crippen LogP contribution is 2.43. The SMILES string of the molecule is O=C(C1CCc2[nH]ncc2C1)N1CCCC1c1cccc2c1OCCO2. The molecule has 26 heavy (non-hydrogen) atoms. The normalized spacial score (nSPS) is 24.4. The maximum absolute atomic E-state index is 13.3. The number of fused-ring (bicyclic) bond motifs is 2. The van der Waals surface area contributed by atoms with Crippen molar-refractivity contribution >= 4 is 5.91 Å². The predicted octanol–water partition coefficient (Wildman–Crippen LogP) is 2.65. The number of carbonyl (C=O) groups is 1. The molecule has 2 unspecified atom stereocenters. The maximum Gasteiger partial charge on any atom is 0.226 e. The number of nitrogens with zero attached hydrogens (tertiary/aromatic N) is 2. The molecule has 0 bridgehead atoms. The molecule has 2 aliphatic heterocycles. The van der Waals surface area contributed by atoms with E-state index in [2.05, 4.69) is 21.2 Å². The summed E-state index contributed by atoms with van der Waals surface area (Å²) in [6.45, 7) is 1.97. The summed E-state index contributed by atoms with van der Waals surface area (Å²) in [4.78, 5) is 15.4. The van der Waals surface area contributed by atoms with Gasteiger partial charge in [0.1, 0.15) is 13.2 Å². The summed E-state index contributed by atoms with van der Waals surface area (Å²) in [5.74, 6) is 1.95. The molecule has 1 saturated heterocycles. The number of ether oxygens (including phenoxy) is 2. The van der Waals surface area contributed by atoms with Crippen molar-refractivity contribution in [2.45, 2.75) is 38.1 Å². The van der Waals surface area contributed by atoms with E-state index in [1.165, 1.54) is 11.3 Å². The van der Waals surface area contributed by atoms with E-state index in [0.717, 1.165) is 55.7 Å². The van der Waals surface area contributed by atoms with Gasteiger partial charge in [0.05, 0.1) is 12.2 Å². The van der Waals surface area contributed by atoms with Crippen LogP contribution in [0.4, 0.5) is 0 Å². The fourth-order valence-corrected chi connectivity index (χ4v) is 4.57. The van der Waals surface area contributed by atoms with E-state index in [1.807, 2.05) is 18.3 Å². The Balaban J connectivity index is 1.40. The number of benzene rings is 1. The lowest BCUT2D eigenvalue weighted by atomic mass is 9.86. The topological polar surface area (TPSA) is 67.5 Å². The smallest absolute Gasteiger partial charge is 0.226 e. The number of hydrogen-bond donors (Lipinski definition) is 1. The lowest BCUT2D eigenvalue weighted by Gasteiger charge is -2.32. The second-order valence-electron chi connectivity index (χ2n) is 7.37. The number of para-hydroxylation sites is 1. The van der Waals surface area contributed by atoms with E-state index in [0.29, 0.717) is 13.2 Å². The fraction of sp³-hybridized carbons (Fsp3) is 0.500. The van der Waals surface area contributed by atoms with Gasteiger partial charge in [-0.25, -0.2) is 0 Å². The largest absolute Gasteiger partial charge is 0.486 e. The third-order valence-electron chi connectivity index (χ3n) is 5.86. The Kier molecular flexibility index (Phi) is 3.84. The highest BCUT2D eigenvalue weighted by atomic mass is 16.6. The molecule has 6 nitrogen and oxygen atoms in total. The van der Waals surface area contributed by atoms with Crippen LogP contribution in [0, 0.1) is 5.92 Å². The number of hydrogen-bond acceptors (Lipinski definition) is 4. The molecule has 3 heterocycles. The predicted molar refractivity (Wildman–Crippen MR) is 95.2 cm³/mol. The quantitative estimate of drug-likeness (QED) is 0.901. The molecular weight excluding hydrogens is 330 g/mol. The monoisotopic (exact) mass is 353 g/mol. The van der Waals surface area contributed by atoms with Gasteiger partial charge in [-0.2, -0.15) is 5.10 Å². The maximum atomic E-state index is 13.3. The Labute approximate surface area is 152 Å². The van der Waals surface area contributed by atoms with Crippen LogP contribution in [0.1, 0.15) is 42.1 Å². The molecule has 2 atom stereocenters. The summed E-state index contributed by atoms with van der Waals surface area (Å²) in [5.41, 5.74) is 3.47. The zero-order valence-electron chi connectivity index (χ0n) is 14.7. The van der Waals surface area contributed by atoms with Crippen molar-refractivity contribution in [3.8, 4) is 11.5 Å². The van der Waals surface area contributed by atoms with Crippen molar-refractivity contribution < 1.29 is 14.3 Å². The fourth-order valence-electron chi connectivity index (χ4n) is 4.57.